The minimum absolute atomic E-state index is 0.0137. The van der Waals surface area contributed by atoms with E-state index in [1.165, 1.54) is 32.3 Å². The van der Waals surface area contributed by atoms with E-state index in [1.807, 2.05) is 32.0 Å². The summed E-state index contributed by atoms with van der Waals surface area (Å²) in [6.07, 6.45) is 0. The Morgan fingerprint density at radius 2 is 1.68 bits per heavy atom. The first-order chi connectivity index (χ1) is 11.6. The van der Waals surface area contributed by atoms with Crippen molar-refractivity contribution in [1.82, 2.24) is 4.31 Å². The Kier molecular flexibility index (Phi) is 5.87. The van der Waals surface area contributed by atoms with Gasteiger partial charge in [-0.05, 0) is 37.6 Å². The quantitative estimate of drug-likeness (QED) is 0.743. The molecule has 0 aliphatic carbocycles. The van der Waals surface area contributed by atoms with Crippen LogP contribution >= 0.6 is 11.6 Å². The average Bonchev–Trinajstić information content (AvgIpc) is 2.51. The number of ether oxygens (including phenoxy) is 1. The highest BCUT2D eigenvalue weighted by atomic mass is 35.5. The van der Waals surface area contributed by atoms with Gasteiger partial charge in [0.2, 0.25) is 10.0 Å². The molecular formula is C18H20ClNO4S. The van der Waals surface area contributed by atoms with Crippen LogP contribution in [0.5, 0.6) is 0 Å². The second-order valence-electron chi connectivity index (χ2n) is 6.00. The number of halogens is 1. The third-order valence-electron chi connectivity index (χ3n) is 3.59. The van der Waals surface area contributed by atoms with Crippen molar-refractivity contribution in [2.45, 2.75) is 25.3 Å². The molecule has 0 N–H and O–H groups in total. The van der Waals surface area contributed by atoms with E-state index in [0.29, 0.717) is 0 Å². The highest BCUT2D eigenvalue weighted by molar-refractivity contribution is 7.89. The fourth-order valence-electron chi connectivity index (χ4n) is 2.41. The minimum Gasteiger partial charge on any atom is -0.457 e. The van der Waals surface area contributed by atoms with E-state index in [-0.39, 0.29) is 22.1 Å². The van der Waals surface area contributed by atoms with Crippen molar-refractivity contribution in [1.29, 1.82) is 0 Å². The monoisotopic (exact) mass is 381 g/mol. The zero-order chi connectivity index (χ0) is 18.8. The Balaban J connectivity index is 2.24. The highest BCUT2D eigenvalue weighted by Gasteiger charge is 2.21. The maximum absolute atomic E-state index is 12.3. The summed E-state index contributed by atoms with van der Waals surface area (Å²) in [5.74, 6) is -0.667. The van der Waals surface area contributed by atoms with E-state index in [1.54, 1.807) is 0 Å². The Bertz CT molecular complexity index is 887. The van der Waals surface area contributed by atoms with Crippen molar-refractivity contribution in [3.05, 3.63) is 63.7 Å². The third kappa shape index (κ3) is 4.60. The van der Waals surface area contributed by atoms with Gasteiger partial charge in [0.1, 0.15) is 6.61 Å². The Labute approximate surface area is 153 Å². The molecule has 0 fully saturated rings. The summed E-state index contributed by atoms with van der Waals surface area (Å²) >= 11 is 6.04. The van der Waals surface area contributed by atoms with E-state index in [4.69, 9.17) is 16.3 Å². The summed E-state index contributed by atoms with van der Waals surface area (Å²) in [6, 6.07) is 9.85. The number of hydrogen-bond acceptors (Lipinski definition) is 4. The second-order valence-corrected chi connectivity index (χ2v) is 8.56. The SMILES string of the molecule is Cc1cc(C)cc(COC(=O)c2cc(S(=O)(=O)N(C)C)ccc2Cl)c1. The number of aryl methyl sites for hydroxylation is 2. The smallest absolute Gasteiger partial charge is 0.340 e. The lowest BCUT2D eigenvalue weighted by Crippen LogP contribution is -2.22. The summed E-state index contributed by atoms with van der Waals surface area (Å²) in [7, 11) is -0.824. The first-order valence-corrected chi connectivity index (χ1v) is 9.39. The molecule has 0 atom stereocenters. The van der Waals surface area contributed by atoms with Gasteiger partial charge < -0.3 is 4.74 Å². The number of benzene rings is 2. The van der Waals surface area contributed by atoms with Gasteiger partial charge in [-0.15, -0.1) is 0 Å². The molecule has 0 bridgehead atoms. The molecule has 0 amide bonds. The van der Waals surface area contributed by atoms with Gasteiger partial charge in [0.15, 0.2) is 0 Å². The van der Waals surface area contributed by atoms with Crippen LogP contribution in [0.2, 0.25) is 5.02 Å². The van der Waals surface area contributed by atoms with Crippen LogP contribution in [0.25, 0.3) is 0 Å². The molecule has 0 aliphatic heterocycles. The fraction of sp³-hybridized carbons (Fsp3) is 0.278. The fourth-order valence-corrected chi connectivity index (χ4v) is 3.53. The number of carbonyl (C=O) groups is 1. The van der Waals surface area contributed by atoms with Gasteiger partial charge in [0, 0.05) is 14.1 Å². The van der Waals surface area contributed by atoms with E-state index >= 15 is 0 Å². The standard InChI is InChI=1S/C18H20ClNO4S/c1-12-7-13(2)9-14(8-12)11-24-18(21)16-10-15(5-6-17(16)19)25(22,23)20(3)4/h5-10H,11H2,1-4H3. The van der Waals surface area contributed by atoms with Crippen LogP contribution in [-0.2, 0) is 21.4 Å². The van der Waals surface area contributed by atoms with Crippen LogP contribution in [0, 0.1) is 13.8 Å². The Morgan fingerprint density at radius 1 is 1.08 bits per heavy atom. The predicted octanol–water partition coefficient (Wildman–Crippen LogP) is 3.56. The summed E-state index contributed by atoms with van der Waals surface area (Å²) in [6.45, 7) is 4.01. The van der Waals surface area contributed by atoms with E-state index in [9.17, 15) is 13.2 Å². The van der Waals surface area contributed by atoms with Crippen LogP contribution in [-0.4, -0.2) is 32.8 Å². The maximum atomic E-state index is 12.3. The summed E-state index contributed by atoms with van der Waals surface area (Å²) in [5, 5.41) is 0.142. The van der Waals surface area contributed by atoms with E-state index in [2.05, 4.69) is 0 Å². The normalized spacial score (nSPS) is 11.6. The van der Waals surface area contributed by atoms with Crippen molar-refractivity contribution in [2.75, 3.05) is 14.1 Å². The molecule has 0 aliphatic rings. The van der Waals surface area contributed by atoms with Crippen molar-refractivity contribution < 1.29 is 17.9 Å². The number of hydrogen-bond donors (Lipinski definition) is 0. The molecule has 0 unspecified atom stereocenters. The third-order valence-corrected chi connectivity index (χ3v) is 5.73. The second kappa shape index (κ2) is 7.56. The number of sulfonamides is 1. The number of rotatable bonds is 5. The largest absolute Gasteiger partial charge is 0.457 e. The topological polar surface area (TPSA) is 63.7 Å². The van der Waals surface area contributed by atoms with Crippen LogP contribution in [0.15, 0.2) is 41.3 Å². The van der Waals surface area contributed by atoms with Gasteiger partial charge in [-0.25, -0.2) is 17.5 Å². The molecule has 0 heterocycles. The van der Waals surface area contributed by atoms with E-state index < -0.39 is 16.0 Å². The van der Waals surface area contributed by atoms with Crippen molar-refractivity contribution in [3.63, 3.8) is 0 Å². The van der Waals surface area contributed by atoms with Crippen LogP contribution in [0.1, 0.15) is 27.0 Å². The van der Waals surface area contributed by atoms with E-state index in [0.717, 1.165) is 21.0 Å². The first-order valence-electron chi connectivity index (χ1n) is 7.57. The molecule has 0 radical (unpaired) electrons. The zero-order valence-electron chi connectivity index (χ0n) is 14.5. The van der Waals surface area contributed by atoms with Crippen molar-refractivity contribution in [3.8, 4) is 0 Å². The molecule has 134 valence electrons. The molecule has 0 saturated heterocycles. The van der Waals surface area contributed by atoms with Crippen molar-refractivity contribution in [2.24, 2.45) is 0 Å². The Hall–Kier alpha value is -1.89. The molecule has 25 heavy (non-hydrogen) atoms. The lowest BCUT2D eigenvalue weighted by Gasteiger charge is -2.13. The summed E-state index contributed by atoms with van der Waals surface area (Å²) < 4.78 is 30.8. The molecule has 0 aromatic heterocycles. The maximum Gasteiger partial charge on any atom is 0.340 e. The highest BCUT2D eigenvalue weighted by Crippen LogP contribution is 2.23. The molecule has 5 nitrogen and oxygen atoms in total. The molecule has 7 heteroatoms. The molecule has 0 spiro atoms. The van der Waals surface area contributed by atoms with Gasteiger partial charge in [-0.1, -0.05) is 40.9 Å². The lowest BCUT2D eigenvalue weighted by molar-refractivity contribution is 0.0472. The number of nitrogens with zero attached hydrogens (tertiary/aromatic N) is 1. The summed E-state index contributed by atoms with van der Waals surface area (Å²) in [4.78, 5) is 12.3. The van der Waals surface area contributed by atoms with Gasteiger partial charge in [0.05, 0.1) is 15.5 Å². The lowest BCUT2D eigenvalue weighted by atomic mass is 10.1. The number of esters is 1. The minimum atomic E-state index is -3.66. The van der Waals surface area contributed by atoms with Gasteiger partial charge in [0.25, 0.3) is 0 Å². The molecule has 2 aromatic rings. The first kappa shape index (κ1) is 19.4. The van der Waals surface area contributed by atoms with Gasteiger partial charge in [-0.3, -0.25) is 0 Å². The molecular weight excluding hydrogens is 362 g/mol. The molecule has 0 saturated carbocycles. The predicted molar refractivity (Wildman–Crippen MR) is 97.4 cm³/mol. The Morgan fingerprint density at radius 3 is 2.24 bits per heavy atom. The molecule has 2 aromatic carbocycles. The van der Waals surface area contributed by atoms with Crippen LogP contribution < -0.4 is 0 Å². The average molecular weight is 382 g/mol. The van der Waals surface area contributed by atoms with Crippen LogP contribution in [0.4, 0.5) is 0 Å². The van der Waals surface area contributed by atoms with Gasteiger partial charge in [-0.2, -0.15) is 0 Å². The van der Waals surface area contributed by atoms with Gasteiger partial charge >= 0.3 is 5.97 Å². The molecule has 2 rings (SSSR count). The van der Waals surface area contributed by atoms with Crippen molar-refractivity contribution >= 4 is 27.6 Å². The van der Waals surface area contributed by atoms with Crippen LogP contribution in [0.3, 0.4) is 0 Å². The summed E-state index contributed by atoms with van der Waals surface area (Å²) in [5.41, 5.74) is 3.03. The zero-order valence-corrected chi connectivity index (χ0v) is 16.1. The number of carbonyl (C=O) groups excluding carboxylic acids is 1.